The number of fused-ring (bicyclic) bond motifs is 1. The molecule has 0 radical (unpaired) electrons. The van der Waals surface area contributed by atoms with E-state index in [1.807, 2.05) is 18.3 Å². The van der Waals surface area contributed by atoms with Crippen molar-refractivity contribution in [3.05, 3.63) is 62.9 Å². The number of nitro groups is 1. The van der Waals surface area contributed by atoms with Gasteiger partial charge in [0.25, 0.3) is 5.69 Å². The van der Waals surface area contributed by atoms with Crippen LogP contribution >= 0.6 is 15.9 Å². The molecule has 1 aromatic carbocycles. The molecule has 3 aromatic rings. The van der Waals surface area contributed by atoms with E-state index in [2.05, 4.69) is 31.2 Å². The molecule has 0 saturated carbocycles. The average molecular weight is 347 g/mol. The molecule has 0 saturated heterocycles. The largest absolute Gasteiger partial charge is 0.380 e. The number of hydrogen-bond donors (Lipinski definition) is 2. The Kier molecular flexibility index (Phi) is 3.57. The van der Waals surface area contributed by atoms with E-state index in [0.29, 0.717) is 12.2 Å². The molecule has 106 valence electrons. The fourth-order valence-electron chi connectivity index (χ4n) is 2.11. The topological polar surface area (TPSA) is 83.9 Å². The van der Waals surface area contributed by atoms with Gasteiger partial charge in [-0.3, -0.25) is 10.1 Å². The van der Waals surface area contributed by atoms with E-state index in [-0.39, 0.29) is 5.69 Å². The van der Waals surface area contributed by atoms with Gasteiger partial charge in [-0.15, -0.1) is 0 Å². The molecule has 6 nitrogen and oxygen atoms in total. The van der Waals surface area contributed by atoms with Crippen LogP contribution < -0.4 is 5.32 Å². The number of aromatic nitrogens is 2. The number of anilines is 1. The van der Waals surface area contributed by atoms with Gasteiger partial charge in [-0.25, -0.2) is 4.98 Å². The lowest BCUT2D eigenvalue weighted by Crippen LogP contribution is -2.00. The molecular formula is C14H11BrN4O2. The van der Waals surface area contributed by atoms with Gasteiger partial charge < -0.3 is 10.3 Å². The molecule has 7 heteroatoms. The predicted octanol–water partition coefficient (Wildman–Crippen LogP) is 3.85. The number of nitro benzene ring substituents is 1. The van der Waals surface area contributed by atoms with Crippen molar-refractivity contribution in [1.82, 2.24) is 9.97 Å². The van der Waals surface area contributed by atoms with Crippen molar-refractivity contribution in [2.75, 3.05) is 5.32 Å². The van der Waals surface area contributed by atoms with Gasteiger partial charge in [0.15, 0.2) is 0 Å². The summed E-state index contributed by atoms with van der Waals surface area (Å²) in [4.78, 5) is 17.7. The van der Waals surface area contributed by atoms with Gasteiger partial charge in [0.2, 0.25) is 0 Å². The monoisotopic (exact) mass is 346 g/mol. The molecule has 0 amide bonds. The SMILES string of the molecule is O=[N+]([O-])c1ccc(Br)c(NCc2c[nH]c3ncccc23)c1. The van der Waals surface area contributed by atoms with Crippen LogP contribution in [-0.2, 0) is 6.54 Å². The average Bonchev–Trinajstić information content (AvgIpc) is 2.89. The molecule has 2 aromatic heterocycles. The number of benzene rings is 1. The highest BCUT2D eigenvalue weighted by molar-refractivity contribution is 9.10. The second-order valence-corrected chi connectivity index (χ2v) is 5.34. The van der Waals surface area contributed by atoms with Gasteiger partial charge in [-0.05, 0) is 39.7 Å². The van der Waals surface area contributed by atoms with Crippen LogP contribution in [0.25, 0.3) is 11.0 Å². The number of H-pyrrole nitrogens is 1. The van der Waals surface area contributed by atoms with Crippen molar-refractivity contribution in [2.24, 2.45) is 0 Å². The molecule has 0 atom stereocenters. The Labute approximate surface area is 128 Å². The van der Waals surface area contributed by atoms with E-state index >= 15 is 0 Å². The Hall–Kier alpha value is -2.41. The van der Waals surface area contributed by atoms with Crippen molar-refractivity contribution < 1.29 is 4.92 Å². The minimum absolute atomic E-state index is 0.0568. The number of nitrogens with zero attached hydrogens (tertiary/aromatic N) is 2. The van der Waals surface area contributed by atoms with E-state index in [0.717, 1.165) is 21.1 Å². The number of aromatic amines is 1. The fourth-order valence-corrected chi connectivity index (χ4v) is 2.50. The summed E-state index contributed by atoms with van der Waals surface area (Å²) in [7, 11) is 0. The lowest BCUT2D eigenvalue weighted by atomic mass is 10.2. The van der Waals surface area contributed by atoms with Gasteiger partial charge in [0, 0.05) is 40.9 Å². The first-order valence-corrected chi connectivity index (χ1v) is 7.03. The number of hydrogen-bond acceptors (Lipinski definition) is 4. The summed E-state index contributed by atoms with van der Waals surface area (Å²) in [5.74, 6) is 0. The van der Waals surface area contributed by atoms with Crippen molar-refractivity contribution in [1.29, 1.82) is 0 Å². The Bertz CT molecular complexity index is 816. The second kappa shape index (κ2) is 5.53. The number of pyridine rings is 1. The Balaban J connectivity index is 1.84. The van der Waals surface area contributed by atoms with E-state index in [9.17, 15) is 10.1 Å². The van der Waals surface area contributed by atoms with Gasteiger partial charge in [0.1, 0.15) is 5.65 Å². The van der Waals surface area contributed by atoms with Crippen LogP contribution in [0.5, 0.6) is 0 Å². The summed E-state index contributed by atoms with van der Waals surface area (Å²) in [6.45, 7) is 0.547. The van der Waals surface area contributed by atoms with Crippen molar-refractivity contribution in [2.45, 2.75) is 6.54 Å². The molecule has 0 bridgehead atoms. The third kappa shape index (κ3) is 2.73. The van der Waals surface area contributed by atoms with Gasteiger partial charge in [-0.2, -0.15) is 0 Å². The summed E-state index contributed by atoms with van der Waals surface area (Å²) < 4.78 is 0.783. The molecule has 21 heavy (non-hydrogen) atoms. The van der Waals surface area contributed by atoms with Crippen molar-refractivity contribution in [3.63, 3.8) is 0 Å². The molecule has 3 rings (SSSR count). The number of nitrogens with one attached hydrogen (secondary N) is 2. The summed E-state index contributed by atoms with van der Waals surface area (Å²) >= 11 is 3.39. The molecule has 0 spiro atoms. The first-order chi connectivity index (χ1) is 10.1. The third-order valence-corrected chi connectivity index (χ3v) is 3.86. The van der Waals surface area contributed by atoms with Crippen LogP contribution in [0.2, 0.25) is 0 Å². The fraction of sp³-hybridized carbons (Fsp3) is 0.0714. The van der Waals surface area contributed by atoms with Crippen LogP contribution in [0, 0.1) is 10.1 Å². The molecule has 0 aliphatic rings. The molecule has 0 fully saturated rings. The van der Waals surface area contributed by atoms with E-state index < -0.39 is 4.92 Å². The van der Waals surface area contributed by atoms with E-state index in [4.69, 9.17) is 0 Å². The molecule has 2 N–H and O–H groups in total. The molecule has 0 aliphatic heterocycles. The molecule has 2 heterocycles. The highest BCUT2D eigenvalue weighted by atomic mass is 79.9. The maximum absolute atomic E-state index is 10.8. The minimum Gasteiger partial charge on any atom is -0.380 e. The molecule has 0 unspecified atom stereocenters. The first kappa shape index (κ1) is 13.6. The number of rotatable bonds is 4. The highest BCUT2D eigenvalue weighted by Crippen LogP contribution is 2.28. The maximum atomic E-state index is 10.8. The van der Waals surface area contributed by atoms with Gasteiger partial charge >= 0.3 is 0 Å². The van der Waals surface area contributed by atoms with Crippen LogP contribution in [-0.4, -0.2) is 14.9 Å². The molecular weight excluding hydrogens is 336 g/mol. The number of halogens is 1. The van der Waals surface area contributed by atoms with Crippen LogP contribution in [0.15, 0.2) is 47.2 Å². The maximum Gasteiger partial charge on any atom is 0.271 e. The smallest absolute Gasteiger partial charge is 0.271 e. The predicted molar refractivity (Wildman–Crippen MR) is 84.2 cm³/mol. The highest BCUT2D eigenvalue weighted by Gasteiger charge is 2.10. The summed E-state index contributed by atoms with van der Waals surface area (Å²) in [6.07, 6.45) is 3.61. The lowest BCUT2D eigenvalue weighted by molar-refractivity contribution is -0.384. The van der Waals surface area contributed by atoms with Crippen molar-refractivity contribution in [3.8, 4) is 0 Å². The van der Waals surface area contributed by atoms with E-state index in [1.165, 1.54) is 12.1 Å². The van der Waals surface area contributed by atoms with E-state index in [1.54, 1.807) is 12.3 Å². The number of non-ortho nitro benzene ring substituents is 1. The zero-order chi connectivity index (χ0) is 14.8. The third-order valence-electron chi connectivity index (χ3n) is 3.17. The first-order valence-electron chi connectivity index (χ1n) is 6.24. The summed E-state index contributed by atoms with van der Waals surface area (Å²) in [5, 5.41) is 15.1. The zero-order valence-corrected chi connectivity index (χ0v) is 12.4. The van der Waals surface area contributed by atoms with Crippen LogP contribution in [0.1, 0.15) is 5.56 Å². The minimum atomic E-state index is -0.409. The Morgan fingerprint density at radius 1 is 1.38 bits per heavy atom. The summed E-state index contributed by atoms with van der Waals surface area (Å²) in [5.41, 5.74) is 2.62. The zero-order valence-electron chi connectivity index (χ0n) is 10.8. The standard InChI is InChI=1S/C14H11BrN4O2/c15-12-4-3-10(19(20)21)6-13(12)17-7-9-8-18-14-11(9)2-1-5-16-14/h1-6,8,17H,7H2,(H,16,18). The van der Waals surface area contributed by atoms with Crippen LogP contribution in [0.3, 0.4) is 0 Å². The summed E-state index contributed by atoms with van der Waals surface area (Å²) in [6, 6.07) is 8.50. The quantitative estimate of drug-likeness (QED) is 0.555. The lowest BCUT2D eigenvalue weighted by Gasteiger charge is -2.07. The van der Waals surface area contributed by atoms with Gasteiger partial charge in [-0.1, -0.05) is 0 Å². The Morgan fingerprint density at radius 2 is 2.24 bits per heavy atom. The molecule has 0 aliphatic carbocycles. The normalized spacial score (nSPS) is 10.7. The van der Waals surface area contributed by atoms with Crippen molar-refractivity contribution >= 4 is 38.3 Å². The second-order valence-electron chi connectivity index (χ2n) is 4.49. The van der Waals surface area contributed by atoms with Crippen LogP contribution in [0.4, 0.5) is 11.4 Å². The Morgan fingerprint density at radius 3 is 3.05 bits per heavy atom. The van der Waals surface area contributed by atoms with Gasteiger partial charge in [0.05, 0.1) is 10.6 Å².